The average molecular weight is 290 g/mol. The van der Waals surface area contributed by atoms with Crippen molar-refractivity contribution in [3.63, 3.8) is 0 Å². The van der Waals surface area contributed by atoms with E-state index in [0.29, 0.717) is 24.0 Å². The topological polar surface area (TPSA) is 59.6 Å². The first-order valence-corrected chi connectivity index (χ1v) is 7.14. The van der Waals surface area contributed by atoms with Crippen LogP contribution in [0.15, 0.2) is 24.3 Å². The van der Waals surface area contributed by atoms with Crippen LogP contribution in [0, 0.1) is 5.92 Å². The molecule has 1 amide bonds. The van der Waals surface area contributed by atoms with E-state index in [0.717, 1.165) is 18.7 Å². The third-order valence-electron chi connectivity index (χ3n) is 3.36. The number of methoxy groups -OCH3 is 1. The lowest BCUT2D eigenvalue weighted by molar-refractivity contribution is -0.123. The fourth-order valence-electron chi connectivity index (χ4n) is 2.04. The standard InChI is InChI=1S/C16H22N2O3/c1-3-4-12-5-6-14(15(7-12)20-2)21-11-16(19)18-10-13-8-17-9-13/h3-7,13,17H,8-11H2,1-2H3,(H,18,19)/b4-3+. The first kappa shape index (κ1) is 15.4. The lowest BCUT2D eigenvalue weighted by atomic mass is 10.0. The fourth-order valence-corrected chi connectivity index (χ4v) is 2.04. The zero-order valence-electron chi connectivity index (χ0n) is 12.5. The van der Waals surface area contributed by atoms with Crippen molar-refractivity contribution in [2.45, 2.75) is 6.92 Å². The zero-order chi connectivity index (χ0) is 15.1. The maximum Gasteiger partial charge on any atom is 0.257 e. The summed E-state index contributed by atoms with van der Waals surface area (Å²) in [5.41, 5.74) is 1.03. The first-order valence-electron chi connectivity index (χ1n) is 7.14. The number of carbonyl (C=O) groups excluding carboxylic acids is 1. The van der Waals surface area contributed by atoms with Gasteiger partial charge >= 0.3 is 0 Å². The van der Waals surface area contributed by atoms with Crippen LogP contribution in [0.25, 0.3) is 6.08 Å². The summed E-state index contributed by atoms with van der Waals surface area (Å²) in [7, 11) is 1.59. The first-order chi connectivity index (χ1) is 10.2. The Kier molecular flexibility index (Phi) is 5.63. The Morgan fingerprint density at radius 1 is 1.43 bits per heavy atom. The van der Waals surface area contributed by atoms with E-state index in [4.69, 9.17) is 9.47 Å². The van der Waals surface area contributed by atoms with Gasteiger partial charge in [0.2, 0.25) is 0 Å². The van der Waals surface area contributed by atoms with Crippen LogP contribution in [0.5, 0.6) is 11.5 Å². The van der Waals surface area contributed by atoms with Crippen LogP contribution < -0.4 is 20.1 Å². The van der Waals surface area contributed by atoms with Gasteiger partial charge in [0.25, 0.3) is 5.91 Å². The van der Waals surface area contributed by atoms with Gasteiger partial charge in [0.1, 0.15) is 0 Å². The molecule has 0 spiro atoms. The van der Waals surface area contributed by atoms with E-state index in [1.165, 1.54) is 0 Å². The number of allylic oxidation sites excluding steroid dienone is 1. The monoisotopic (exact) mass is 290 g/mol. The molecule has 1 aromatic carbocycles. The molecule has 0 unspecified atom stereocenters. The molecule has 0 saturated carbocycles. The van der Waals surface area contributed by atoms with Crippen molar-refractivity contribution >= 4 is 12.0 Å². The van der Waals surface area contributed by atoms with Gasteiger partial charge in [-0.05, 0) is 24.6 Å². The predicted molar refractivity (Wildman–Crippen MR) is 82.6 cm³/mol. The van der Waals surface area contributed by atoms with Crippen molar-refractivity contribution < 1.29 is 14.3 Å². The molecular weight excluding hydrogens is 268 g/mol. The third-order valence-corrected chi connectivity index (χ3v) is 3.36. The van der Waals surface area contributed by atoms with Gasteiger partial charge in [0.15, 0.2) is 18.1 Å². The van der Waals surface area contributed by atoms with Crippen LogP contribution in [0.1, 0.15) is 12.5 Å². The van der Waals surface area contributed by atoms with Crippen molar-refractivity contribution in [3.05, 3.63) is 29.8 Å². The summed E-state index contributed by atoms with van der Waals surface area (Å²) in [4.78, 5) is 11.7. The van der Waals surface area contributed by atoms with Gasteiger partial charge in [-0.15, -0.1) is 0 Å². The molecule has 1 aliphatic rings. The summed E-state index contributed by atoms with van der Waals surface area (Å²) >= 11 is 0. The Morgan fingerprint density at radius 3 is 2.86 bits per heavy atom. The van der Waals surface area contributed by atoms with E-state index in [1.807, 2.05) is 37.3 Å². The minimum Gasteiger partial charge on any atom is -0.493 e. The number of ether oxygens (including phenoxy) is 2. The van der Waals surface area contributed by atoms with Crippen molar-refractivity contribution in [3.8, 4) is 11.5 Å². The van der Waals surface area contributed by atoms with Crippen LogP contribution >= 0.6 is 0 Å². The van der Waals surface area contributed by atoms with Crippen molar-refractivity contribution in [1.29, 1.82) is 0 Å². The molecule has 5 heteroatoms. The number of amides is 1. The van der Waals surface area contributed by atoms with Gasteiger partial charge in [-0.25, -0.2) is 0 Å². The number of carbonyl (C=O) groups is 1. The highest BCUT2D eigenvalue weighted by Crippen LogP contribution is 2.28. The maximum atomic E-state index is 11.7. The molecular formula is C16H22N2O3. The second-order valence-electron chi connectivity index (χ2n) is 5.03. The maximum absolute atomic E-state index is 11.7. The number of benzene rings is 1. The lowest BCUT2D eigenvalue weighted by Gasteiger charge is -2.27. The van der Waals surface area contributed by atoms with E-state index in [1.54, 1.807) is 7.11 Å². The zero-order valence-corrected chi connectivity index (χ0v) is 12.5. The number of hydrogen-bond donors (Lipinski definition) is 2. The molecule has 114 valence electrons. The Hall–Kier alpha value is -2.01. The third kappa shape index (κ3) is 4.49. The van der Waals surface area contributed by atoms with Gasteiger partial charge in [-0.3, -0.25) is 4.79 Å². The van der Waals surface area contributed by atoms with E-state index >= 15 is 0 Å². The highest BCUT2D eigenvalue weighted by Gasteiger charge is 2.17. The molecule has 21 heavy (non-hydrogen) atoms. The van der Waals surface area contributed by atoms with Gasteiger partial charge < -0.3 is 20.1 Å². The molecule has 5 nitrogen and oxygen atoms in total. The molecule has 1 fully saturated rings. The summed E-state index contributed by atoms with van der Waals surface area (Å²) < 4.78 is 10.8. The van der Waals surface area contributed by atoms with Crippen molar-refractivity contribution in [1.82, 2.24) is 10.6 Å². The molecule has 1 saturated heterocycles. The second-order valence-corrected chi connectivity index (χ2v) is 5.03. The van der Waals surface area contributed by atoms with Crippen LogP contribution in [0.2, 0.25) is 0 Å². The number of nitrogens with one attached hydrogen (secondary N) is 2. The minimum absolute atomic E-state index is 0.000524. The fraction of sp³-hybridized carbons (Fsp3) is 0.438. The molecule has 1 heterocycles. The Balaban J connectivity index is 1.84. The molecule has 0 aliphatic carbocycles. The van der Waals surface area contributed by atoms with E-state index < -0.39 is 0 Å². The van der Waals surface area contributed by atoms with Crippen molar-refractivity contribution in [2.75, 3.05) is 33.4 Å². The molecule has 0 aromatic heterocycles. The average Bonchev–Trinajstić information content (AvgIpc) is 2.44. The summed E-state index contributed by atoms with van der Waals surface area (Å²) in [5, 5.41) is 6.04. The number of rotatable bonds is 7. The predicted octanol–water partition coefficient (Wildman–Crippen LogP) is 1.44. The molecule has 0 bridgehead atoms. The molecule has 2 rings (SSSR count). The number of hydrogen-bond acceptors (Lipinski definition) is 4. The SMILES string of the molecule is C/C=C/c1ccc(OCC(=O)NCC2CNC2)c(OC)c1. The van der Waals surface area contributed by atoms with Crippen molar-refractivity contribution in [2.24, 2.45) is 5.92 Å². The van der Waals surface area contributed by atoms with Gasteiger partial charge in [-0.1, -0.05) is 18.2 Å². The minimum atomic E-state index is -0.110. The molecule has 1 aromatic rings. The quantitative estimate of drug-likeness (QED) is 0.798. The highest BCUT2D eigenvalue weighted by atomic mass is 16.5. The second kappa shape index (κ2) is 7.69. The smallest absolute Gasteiger partial charge is 0.257 e. The summed E-state index contributed by atoms with van der Waals surface area (Å²) in [6.45, 7) is 4.60. The molecule has 2 N–H and O–H groups in total. The van der Waals surface area contributed by atoms with E-state index in [2.05, 4.69) is 10.6 Å². The van der Waals surface area contributed by atoms with Crippen LogP contribution in [0.4, 0.5) is 0 Å². The summed E-state index contributed by atoms with van der Waals surface area (Å²) in [5.74, 6) is 1.64. The summed E-state index contributed by atoms with van der Waals surface area (Å²) in [6.07, 6.45) is 3.93. The molecule has 0 atom stereocenters. The highest BCUT2D eigenvalue weighted by molar-refractivity contribution is 5.77. The lowest BCUT2D eigenvalue weighted by Crippen LogP contribution is -2.48. The van der Waals surface area contributed by atoms with Gasteiger partial charge in [0.05, 0.1) is 7.11 Å². The van der Waals surface area contributed by atoms with Gasteiger partial charge in [-0.2, -0.15) is 0 Å². The summed E-state index contributed by atoms with van der Waals surface area (Å²) in [6, 6.07) is 5.63. The van der Waals surface area contributed by atoms with Crippen LogP contribution in [-0.4, -0.2) is 39.3 Å². The van der Waals surface area contributed by atoms with Gasteiger partial charge in [0, 0.05) is 25.6 Å². The van der Waals surface area contributed by atoms with E-state index in [-0.39, 0.29) is 12.5 Å². The van der Waals surface area contributed by atoms with Crippen LogP contribution in [-0.2, 0) is 4.79 Å². The normalized spacial score (nSPS) is 14.8. The molecule has 1 aliphatic heterocycles. The molecule has 0 radical (unpaired) electrons. The van der Waals surface area contributed by atoms with Crippen LogP contribution in [0.3, 0.4) is 0 Å². The largest absolute Gasteiger partial charge is 0.493 e. The van der Waals surface area contributed by atoms with E-state index in [9.17, 15) is 4.79 Å². The Morgan fingerprint density at radius 2 is 2.24 bits per heavy atom. The Labute approximate surface area is 125 Å². The Bertz CT molecular complexity index is 510.